The van der Waals surface area contributed by atoms with E-state index in [-0.39, 0.29) is 46.3 Å². The minimum Gasteiger partial charge on any atom is -0.477 e. The number of nitrogen functional groups attached to an aromatic ring is 1. The molecule has 16 nitrogen and oxygen atoms in total. The summed E-state index contributed by atoms with van der Waals surface area (Å²) in [6.45, 7) is 0.255. The standard InChI is InChI=1S/C21H22N8O8S3/c1-36-5-4-28-17(33)15(31)25-26-21(28)38-6-3-9-7-39-18-12(16(32)29(18)13(9)19(34)35)24-14(30)11(27-37-2)10-8-40-20(22)23-10/h3,6,8,12,18H,4-5,7H2,1-2H3,(H2,22,23)(H,24,30)(H,25,31)(H,34,35)/b6-3+,27-11-. The lowest BCUT2D eigenvalue weighted by atomic mass is 10.0. The second-order valence-electron chi connectivity index (χ2n) is 7.94. The summed E-state index contributed by atoms with van der Waals surface area (Å²) in [6, 6.07) is -1.01. The van der Waals surface area contributed by atoms with Gasteiger partial charge in [-0.05, 0) is 17.1 Å². The number of nitrogens with zero attached hydrogens (tertiary/aromatic N) is 5. The van der Waals surface area contributed by atoms with Crippen molar-refractivity contribution in [1.82, 2.24) is 30.0 Å². The molecule has 19 heteroatoms. The van der Waals surface area contributed by atoms with Gasteiger partial charge in [-0.1, -0.05) is 16.9 Å². The number of H-pyrrole nitrogens is 1. The number of oxime groups is 1. The summed E-state index contributed by atoms with van der Waals surface area (Å²) in [5.74, 6) is -2.48. The zero-order valence-electron chi connectivity index (χ0n) is 20.9. The van der Waals surface area contributed by atoms with Gasteiger partial charge in [0.25, 0.3) is 11.8 Å². The molecule has 2 aromatic heterocycles. The van der Waals surface area contributed by atoms with Crippen molar-refractivity contribution in [2.75, 3.05) is 32.3 Å². The van der Waals surface area contributed by atoms with Crippen LogP contribution >= 0.6 is 34.9 Å². The number of allylic oxidation sites excluding steroid dienone is 1. The summed E-state index contributed by atoms with van der Waals surface area (Å²) in [7, 11) is 2.70. The first-order valence-electron chi connectivity index (χ1n) is 11.2. The SMILES string of the molecule is COCCn1c(S/C=C/C2=C(C(=O)O)N3C(=O)C(NC(=O)/C(=N\OC)c4csc(N)n4)C3SC2)n[nH]c(=O)c1=O. The Balaban J connectivity index is 1.51. The summed E-state index contributed by atoms with van der Waals surface area (Å²) < 4.78 is 6.11. The zero-order chi connectivity index (χ0) is 29.0. The number of rotatable bonds is 11. The summed E-state index contributed by atoms with van der Waals surface area (Å²) in [5.41, 5.74) is 4.02. The maximum Gasteiger partial charge on any atom is 0.352 e. The maximum atomic E-state index is 13.0. The smallest absolute Gasteiger partial charge is 0.352 e. The molecule has 0 bridgehead atoms. The van der Waals surface area contributed by atoms with Gasteiger partial charge in [0, 0.05) is 18.2 Å². The van der Waals surface area contributed by atoms with Crippen LogP contribution in [-0.4, -0.2) is 91.2 Å². The quantitative estimate of drug-likeness (QED) is 0.0789. The molecule has 1 fully saturated rings. The first-order chi connectivity index (χ1) is 19.2. The van der Waals surface area contributed by atoms with Crippen molar-refractivity contribution in [3.8, 4) is 0 Å². The Morgan fingerprint density at radius 3 is 2.80 bits per heavy atom. The molecular formula is C21H22N8O8S3. The Morgan fingerprint density at radius 1 is 1.38 bits per heavy atom. The van der Waals surface area contributed by atoms with Crippen LogP contribution in [0.25, 0.3) is 0 Å². The molecule has 0 radical (unpaired) electrons. The van der Waals surface area contributed by atoms with E-state index in [0.29, 0.717) is 5.57 Å². The van der Waals surface area contributed by atoms with Crippen LogP contribution in [0.5, 0.6) is 0 Å². The minimum absolute atomic E-state index is 0.0884. The van der Waals surface area contributed by atoms with Crippen molar-refractivity contribution in [3.63, 3.8) is 0 Å². The van der Waals surface area contributed by atoms with Crippen LogP contribution in [0, 0.1) is 0 Å². The molecule has 4 heterocycles. The Morgan fingerprint density at radius 2 is 2.15 bits per heavy atom. The third-order valence-electron chi connectivity index (χ3n) is 5.53. The maximum absolute atomic E-state index is 13.0. The average Bonchev–Trinajstić information content (AvgIpc) is 3.36. The molecule has 0 saturated carbocycles. The lowest BCUT2D eigenvalue weighted by Crippen LogP contribution is -2.71. The van der Waals surface area contributed by atoms with Crippen molar-refractivity contribution in [2.45, 2.75) is 23.1 Å². The number of thiazole rings is 1. The molecule has 1 saturated heterocycles. The van der Waals surface area contributed by atoms with Gasteiger partial charge in [-0.3, -0.25) is 28.6 Å². The number of aliphatic carboxylic acids is 1. The topological polar surface area (TPSA) is 224 Å². The van der Waals surface area contributed by atoms with Crippen molar-refractivity contribution >= 4 is 63.5 Å². The van der Waals surface area contributed by atoms with E-state index < -0.39 is 40.3 Å². The number of hydrogen-bond donors (Lipinski definition) is 4. The van der Waals surface area contributed by atoms with Crippen LogP contribution in [-0.2, 0) is 30.5 Å². The normalized spacial score (nSPS) is 19.0. The molecule has 5 N–H and O–H groups in total. The van der Waals surface area contributed by atoms with E-state index in [1.54, 1.807) is 0 Å². The fraction of sp³-hybridized carbons (Fsp3) is 0.333. The Labute approximate surface area is 237 Å². The van der Waals surface area contributed by atoms with E-state index in [2.05, 4.69) is 25.7 Å². The number of nitrogens with one attached hydrogen (secondary N) is 2. The third-order valence-corrected chi connectivity index (χ3v) is 8.30. The molecule has 0 aromatic carbocycles. The van der Waals surface area contributed by atoms with Gasteiger partial charge >= 0.3 is 17.1 Å². The van der Waals surface area contributed by atoms with Gasteiger partial charge in [-0.25, -0.2) is 14.9 Å². The summed E-state index contributed by atoms with van der Waals surface area (Å²) in [4.78, 5) is 71.7. The second-order valence-corrected chi connectivity index (χ2v) is 10.8. The number of anilines is 1. The molecule has 40 heavy (non-hydrogen) atoms. The van der Waals surface area contributed by atoms with Gasteiger partial charge in [0.15, 0.2) is 16.0 Å². The highest BCUT2D eigenvalue weighted by molar-refractivity contribution is 8.02. The van der Waals surface area contributed by atoms with E-state index >= 15 is 0 Å². The number of amides is 2. The van der Waals surface area contributed by atoms with Gasteiger partial charge < -0.3 is 25.7 Å². The highest BCUT2D eigenvalue weighted by Crippen LogP contribution is 2.41. The predicted octanol–water partition coefficient (Wildman–Crippen LogP) is -0.988. The van der Waals surface area contributed by atoms with Crippen molar-refractivity contribution in [3.05, 3.63) is 54.5 Å². The number of hydrogen-bond acceptors (Lipinski definition) is 14. The number of thioether (sulfide) groups is 2. The summed E-state index contributed by atoms with van der Waals surface area (Å²) in [6.07, 6.45) is 1.49. The highest BCUT2D eigenvalue weighted by Gasteiger charge is 2.54. The van der Waals surface area contributed by atoms with Crippen LogP contribution < -0.4 is 22.2 Å². The Kier molecular flexibility index (Phi) is 9.07. The van der Waals surface area contributed by atoms with E-state index in [1.807, 2.05) is 0 Å². The van der Waals surface area contributed by atoms with Crippen molar-refractivity contribution < 1.29 is 29.1 Å². The first-order valence-corrected chi connectivity index (χ1v) is 14.0. The molecule has 2 aromatic rings. The minimum atomic E-state index is -1.33. The molecular weight excluding hydrogens is 588 g/mol. The molecule has 2 aliphatic rings. The number of aromatic amines is 1. The van der Waals surface area contributed by atoms with E-state index in [1.165, 1.54) is 42.8 Å². The van der Waals surface area contributed by atoms with Gasteiger partial charge in [-0.15, -0.1) is 28.2 Å². The van der Waals surface area contributed by atoms with Crippen LogP contribution in [0.4, 0.5) is 5.13 Å². The number of carboxylic acids is 1. The highest BCUT2D eigenvalue weighted by atomic mass is 32.2. The number of carbonyl (C=O) groups excluding carboxylic acids is 2. The number of ether oxygens (including phenoxy) is 1. The molecule has 212 valence electrons. The Bertz CT molecular complexity index is 1540. The van der Waals surface area contributed by atoms with Crippen LogP contribution in [0.15, 0.2) is 48.0 Å². The van der Waals surface area contributed by atoms with Crippen molar-refractivity contribution in [1.29, 1.82) is 0 Å². The second kappa shape index (κ2) is 12.5. The zero-order valence-corrected chi connectivity index (χ0v) is 23.3. The number of carboxylic acid groups (broad SMARTS) is 1. The van der Waals surface area contributed by atoms with E-state index in [9.17, 15) is 29.1 Å². The Hall–Kier alpha value is -3.94. The fourth-order valence-electron chi connectivity index (χ4n) is 3.74. The van der Waals surface area contributed by atoms with Gasteiger partial charge in [0.1, 0.15) is 29.9 Å². The number of aromatic nitrogens is 4. The van der Waals surface area contributed by atoms with Crippen LogP contribution in [0.2, 0.25) is 0 Å². The lowest BCUT2D eigenvalue weighted by molar-refractivity contribution is -0.150. The largest absolute Gasteiger partial charge is 0.477 e. The molecule has 2 amide bonds. The number of nitrogens with two attached hydrogens (primary N) is 1. The monoisotopic (exact) mass is 610 g/mol. The summed E-state index contributed by atoms with van der Waals surface area (Å²) in [5, 5.41) is 24.9. The molecule has 2 unspecified atom stereocenters. The fourth-order valence-corrected chi connectivity index (χ4v) is 6.36. The van der Waals surface area contributed by atoms with Crippen LogP contribution in [0.3, 0.4) is 0 Å². The van der Waals surface area contributed by atoms with E-state index in [0.717, 1.165) is 32.6 Å². The molecule has 4 rings (SSSR count). The van der Waals surface area contributed by atoms with Crippen molar-refractivity contribution in [2.24, 2.45) is 5.16 Å². The average molecular weight is 611 g/mol. The number of methoxy groups -OCH3 is 1. The van der Waals surface area contributed by atoms with Gasteiger partial charge in [-0.2, -0.15) is 0 Å². The summed E-state index contributed by atoms with van der Waals surface area (Å²) >= 11 is 3.33. The number of β-lactam (4-membered cyclic amide) rings is 1. The van der Waals surface area contributed by atoms with E-state index in [4.69, 9.17) is 15.3 Å². The molecule has 0 aliphatic carbocycles. The predicted molar refractivity (Wildman–Crippen MR) is 146 cm³/mol. The number of carbonyl (C=O) groups is 3. The first kappa shape index (κ1) is 29.1. The molecule has 2 atom stereocenters. The molecule has 0 spiro atoms. The van der Waals surface area contributed by atoms with Gasteiger partial charge in [0.2, 0.25) is 0 Å². The molecule has 2 aliphatic heterocycles. The lowest BCUT2D eigenvalue weighted by Gasteiger charge is -2.49. The third kappa shape index (κ3) is 5.81. The van der Waals surface area contributed by atoms with Crippen LogP contribution in [0.1, 0.15) is 5.69 Å². The number of fused-ring (bicyclic) bond motifs is 1. The van der Waals surface area contributed by atoms with Gasteiger partial charge in [0.05, 0.1) is 13.2 Å².